The molecular formula is C12H17BrN2O3. The summed E-state index contributed by atoms with van der Waals surface area (Å²) in [6.07, 6.45) is 1.33. The van der Waals surface area contributed by atoms with Crippen molar-refractivity contribution in [2.24, 2.45) is 0 Å². The molecule has 0 amide bonds. The molecule has 18 heavy (non-hydrogen) atoms. The first kappa shape index (κ1) is 15.1. The fraction of sp³-hybridized carbons (Fsp3) is 0.500. The third-order valence-corrected chi connectivity index (χ3v) is 3.21. The smallest absolute Gasteiger partial charge is 0.283 e. The van der Waals surface area contributed by atoms with Crippen molar-refractivity contribution in [2.45, 2.75) is 32.4 Å². The minimum atomic E-state index is -0.417. The van der Waals surface area contributed by atoms with Crippen LogP contribution >= 0.6 is 15.9 Å². The van der Waals surface area contributed by atoms with E-state index in [0.717, 1.165) is 18.4 Å². The number of halogens is 1. The number of aliphatic hydroxyl groups excluding tert-OH is 1. The lowest BCUT2D eigenvalue weighted by molar-refractivity contribution is -0.385. The van der Waals surface area contributed by atoms with Gasteiger partial charge in [-0.1, -0.05) is 19.4 Å². The molecule has 0 saturated carbocycles. The van der Waals surface area contributed by atoms with Crippen LogP contribution in [0.5, 0.6) is 0 Å². The summed E-state index contributed by atoms with van der Waals surface area (Å²) in [7, 11) is 0. The van der Waals surface area contributed by atoms with Crippen LogP contribution in [0.1, 0.15) is 25.3 Å². The van der Waals surface area contributed by atoms with Crippen LogP contribution in [0.2, 0.25) is 0 Å². The standard InChI is InChI=1S/C12H17BrN2O3/c1-2-3-10(16)8-14-7-9-4-5-11(13)12(6-9)15(17)18/h4-6,10,14,16H,2-3,7-8H2,1H3. The van der Waals surface area contributed by atoms with Crippen molar-refractivity contribution in [1.82, 2.24) is 5.32 Å². The van der Waals surface area contributed by atoms with Gasteiger partial charge in [-0.15, -0.1) is 0 Å². The minimum Gasteiger partial charge on any atom is -0.392 e. The van der Waals surface area contributed by atoms with Crippen LogP contribution in [-0.2, 0) is 6.54 Å². The summed E-state index contributed by atoms with van der Waals surface area (Å²) in [5.74, 6) is 0. The largest absolute Gasteiger partial charge is 0.392 e. The molecule has 100 valence electrons. The Hall–Kier alpha value is -0.980. The lowest BCUT2D eigenvalue weighted by Crippen LogP contribution is -2.26. The normalized spacial score (nSPS) is 12.4. The molecule has 0 bridgehead atoms. The zero-order valence-electron chi connectivity index (χ0n) is 10.2. The van der Waals surface area contributed by atoms with Gasteiger partial charge in [0.1, 0.15) is 0 Å². The molecule has 0 aliphatic heterocycles. The van der Waals surface area contributed by atoms with E-state index in [1.807, 2.05) is 13.0 Å². The summed E-state index contributed by atoms with van der Waals surface area (Å²) < 4.78 is 0.474. The van der Waals surface area contributed by atoms with Crippen molar-refractivity contribution < 1.29 is 10.0 Å². The predicted octanol–water partition coefficient (Wildman–Crippen LogP) is 2.61. The Bertz CT molecular complexity index is 412. The summed E-state index contributed by atoms with van der Waals surface area (Å²) in [4.78, 5) is 10.3. The van der Waals surface area contributed by atoms with Crippen LogP contribution in [-0.4, -0.2) is 22.7 Å². The van der Waals surface area contributed by atoms with Gasteiger partial charge in [-0.25, -0.2) is 0 Å². The Labute approximate surface area is 114 Å². The van der Waals surface area contributed by atoms with E-state index in [0.29, 0.717) is 17.6 Å². The van der Waals surface area contributed by atoms with Gasteiger partial charge < -0.3 is 10.4 Å². The van der Waals surface area contributed by atoms with Gasteiger partial charge in [0.25, 0.3) is 5.69 Å². The molecule has 0 saturated heterocycles. The summed E-state index contributed by atoms with van der Waals surface area (Å²) in [6, 6.07) is 5.01. The average molecular weight is 317 g/mol. The van der Waals surface area contributed by atoms with Crippen LogP contribution in [0.3, 0.4) is 0 Å². The Balaban J connectivity index is 2.53. The lowest BCUT2D eigenvalue weighted by atomic mass is 10.2. The fourth-order valence-corrected chi connectivity index (χ4v) is 2.02. The van der Waals surface area contributed by atoms with Gasteiger partial charge in [-0.3, -0.25) is 10.1 Å². The molecule has 0 radical (unpaired) electrons. The highest BCUT2D eigenvalue weighted by Crippen LogP contribution is 2.25. The number of hydrogen-bond donors (Lipinski definition) is 2. The van der Waals surface area contributed by atoms with E-state index in [1.54, 1.807) is 6.07 Å². The number of aliphatic hydroxyl groups is 1. The zero-order valence-corrected chi connectivity index (χ0v) is 11.8. The second-order valence-electron chi connectivity index (χ2n) is 4.12. The summed E-state index contributed by atoms with van der Waals surface area (Å²) in [6.45, 7) is 3.02. The molecule has 0 aliphatic carbocycles. The minimum absolute atomic E-state index is 0.0587. The molecule has 1 unspecified atom stereocenters. The highest BCUT2D eigenvalue weighted by Gasteiger charge is 2.12. The first-order valence-corrected chi connectivity index (χ1v) is 6.65. The molecule has 0 aliphatic rings. The number of nitro groups is 1. The third-order valence-electron chi connectivity index (χ3n) is 2.54. The van der Waals surface area contributed by atoms with Gasteiger partial charge in [0.2, 0.25) is 0 Å². The van der Waals surface area contributed by atoms with Crippen LogP contribution in [0.15, 0.2) is 22.7 Å². The second-order valence-corrected chi connectivity index (χ2v) is 4.97. The van der Waals surface area contributed by atoms with Crippen LogP contribution < -0.4 is 5.32 Å². The van der Waals surface area contributed by atoms with E-state index in [9.17, 15) is 15.2 Å². The van der Waals surface area contributed by atoms with Crippen molar-refractivity contribution in [2.75, 3.05) is 6.54 Å². The number of nitrogens with one attached hydrogen (secondary N) is 1. The number of hydrogen-bond acceptors (Lipinski definition) is 4. The van der Waals surface area contributed by atoms with Crippen molar-refractivity contribution in [3.8, 4) is 0 Å². The van der Waals surface area contributed by atoms with Crippen LogP contribution in [0, 0.1) is 10.1 Å². The summed E-state index contributed by atoms with van der Waals surface area (Å²) in [5, 5.41) is 23.4. The first-order valence-electron chi connectivity index (χ1n) is 5.86. The Kier molecular flexibility index (Phi) is 6.24. The lowest BCUT2D eigenvalue weighted by Gasteiger charge is -2.10. The van der Waals surface area contributed by atoms with Crippen LogP contribution in [0.25, 0.3) is 0 Å². The number of nitrogens with zero attached hydrogens (tertiary/aromatic N) is 1. The van der Waals surface area contributed by atoms with Crippen molar-refractivity contribution >= 4 is 21.6 Å². The predicted molar refractivity (Wildman–Crippen MR) is 73.4 cm³/mol. The maximum atomic E-state index is 10.8. The average Bonchev–Trinajstić information content (AvgIpc) is 2.31. The maximum Gasteiger partial charge on any atom is 0.283 e. The Morgan fingerprint density at radius 3 is 2.89 bits per heavy atom. The summed E-state index contributed by atoms with van der Waals surface area (Å²) in [5.41, 5.74) is 0.886. The Morgan fingerprint density at radius 1 is 1.56 bits per heavy atom. The van der Waals surface area contributed by atoms with E-state index in [-0.39, 0.29) is 11.8 Å². The molecule has 1 aromatic rings. The SMILES string of the molecule is CCCC(O)CNCc1ccc(Br)c([N+](=O)[O-])c1. The molecule has 1 aromatic carbocycles. The number of benzene rings is 1. The highest BCUT2D eigenvalue weighted by molar-refractivity contribution is 9.10. The molecule has 6 heteroatoms. The molecule has 1 atom stereocenters. The highest BCUT2D eigenvalue weighted by atomic mass is 79.9. The topological polar surface area (TPSA) is 75.4 Å². The van der Waals surface area contributed by atoms with Gasteiger partial charge >= 0.3 is 0 Å². The quantitative estimate of drug-likeness (QED) is 0.599. The maximum absolute atomic E-state index is 10.8. The second kappa shape index (κ2) is 7.45. The van der Waals surface area contributed by atoms with Crippen LogP contribution in [0.4, 0.5) is 5.69 Å². The van der Waals surface area contributed by atoms with E-state index < -0.39 is 4.92 Å². The molecule has 0 aromatic heterocycles. The third kappa shape index (κ3) is 4.72. The van der Waals surface area contributed by atoms with Gasteiger partial charge in [0, 0.05) is 19.2 Å². The fourth-order valence-electron chi connectivity index (χ4n) is 1.63. The van der Waals surface area contributed by atoms with Crippen molar-refractivity contribution in [3.63, 3.8) is 0 Å². The first-order chi connectivity index (χ1) is 8.54. The monoisotopic (exact) mass is 316 g/mol. The molecule has 2 N–H and O–H groups in total. The van der Waals surface area contributed by atoms with Gasteiger partial charge in [-0.2, -0.15) is 0 Å². The van der Waals surface area contributed by atoms with Gasteiger partial charge in [0.15, 0.2) is 0 Å². The van der Waals surface area contributed by atoms with Crippen molar-refractivity contribution in [3.05, 3.63) is 38.3 Å². The van der Waals surface area contributed by atoms with Gasteiger partial charge in [0.05, 0.1) is 15.5 Å². The van der Waals surface area contributed by atoms with E-state index in [2.05, 4.69) is 21.2 Å². The van der Waals surface area contributed by atoms with E-state index in [4.69, 9.17) is 0 Å². The van der Waals surface area contributed by atoms with E-state index in [1.165, 1.54) is 6.07 Å². The summed E-state index contributed by atoms with van der Waals surface area (Å²) >= 11 is 3.14. The van der Waals surface area contributed by atoms with E-state index >= 15 is 0 Å². The van der Waals surface area contributed by atoms with Crippen molar-refractivity contribution in [1.29, 1.82) is 0 Å². The molecular weight excluding hydrogens is 300 g/mol. The molecule has 0 spiro atoms. The molecule has 0 heterocycles. The molecule has 5 nitrogen and oxygen atoms in total. The number of rotatable bonds is 7. The van der Waals surface area contributed by atoms with Gasteiger partial charge in [-0.05, 0) is 34.0 Å². The Morgan fingerprint density at radius 2 is 2.28 bits per heavy atom. The zero-order chi connectivity index (χ0) is 13.5. The number of nitro benzene ring substituents is 1. The molecule has 0 fully saturated rings. The molecule has 1 rings (SSSR count).